The molecular weight excluding hydrogens is 286 g/mol. The molecule has 0 bridgehead atoms. The van der Waals surface area contributed by atoms with Crippen molar-refractivity contribution in [1.29, 1.82) is 0 Å². The second-order valence-electron chi connectivity index (χ2n) is 5.77. The summed E-state index contributed by atoms with van der Waals surface area (Å²) in [5.41, 5.74) is 10.1. The third-order valence-electron chi connectivity index (χ3n) is 3.94. The average Bonchev–Trinajstić information content (AvgIpc) is 2.50. The summed E-state index contributed by atoms with van der Waals surface area (Å²) < 4.78 is 0. The van der Waals surface area contributed by atoms with E-state index in [2.05, 4.69) is 35.1 Å². The first-order chi connectivity index (χ1) is 11.0. The van der Waals surface area contributed by atoms with Crippen LogP contribution in [0.15, 0.2) is 47.6 Å². The molecule has 0 radical (unpaired) electrons. The SMILES string of the molecule is CC(N)=NC(=O)CCC(c1ccccc1C)c1cccnc1C. The summed E-state index contributed by atoms with van der Waals surface area (Å²) >= 11 is 0. The molecule has 1 heterocycles. The van der Waals surface area contributed by atoms with Crippen molar-refractivity contribution in [1.82, 2.24) is 4.98 Å². The Labute approximate surface area is 137 Å². The third-order valence-corrected chi connectivity index (χ3v) is 3.94. The predicted molar refractivity (Wildman–Crippen MR) is 93.5 cm³/mol. The first kappa shape index (κ1) is 16.9. The smallest absolute Gasteiger partial charge is 0.247 e. The minimum atomic E-state index is -0.176. The van der Waals surface area contributed by atoms with Gasteiger partial charge < -0.3 is 5.73 Å². The topological polar surface area (TPSA) is 68.3 Å². The maximum Gasteiger partial charge on any atom is 0.247 e. The summed E-state index contributed by atoms with van der Waals surface area (Å²) in [7, 11) is 0. The molecule has 2 N–H and O–H groups in total. The Morgan fingerprint density at radius 2 is 1.87 bits per heavy atom. The van der Waals surface area contributed by atoms with E-state index in [9.17, 15) is 4.79 Å². The van der Waals surface area contributed by atoms with Crippen LogP contribution in [0.5, 0.6) is 0 Å². The van der Waals surface area contributed by atoms with Crippen LogP contribution in [-0.4, -0.2) is 16.7 Å². The van der Waals surface area contributed by atoms with E-state index >= 15 is 0 Å². The zero-order valence-electron chi connectivity index (χ0n) is 13.9. The molecule has 1 aromatic carbocycles. The van der Waals surface area contributed by atoms with E-state index in [4.69, 9.17) is 5.73 Å². The average molecular weight is 309 g/mol. The summed E-state index contributed by atoms with van der Waals surface area (Å²) in [5.74, 6) is 0.257. The number of carbonyl (C=O) groups excluding carboxylic acids is 1. The second kappa shape index (κ2) is 7.68. The van der Waals surface area contributed by atoms with Crippen LogP contribution in [0.3, 0.4) is 0 Å². The van der Waals surface area contributed by atoms with Crippen LogP contribution < -0.4 is 5.73 Å². The molecule has 0 aliphatic rings. The quantitative estimate of drug-likeness (QED) is 0.678. The Morgan fingerprint density at radius 3 is 2.52 bits per heavy atom. The molecule has 4 nitrogen and oxygen atoms in total. The lowest BCUT2D eigenvalue weighted by atomic mass is 9.84. The highest BCUT2D eigenvalue weighted by Gasteiger charge is 2.19. The van der Waals surface area contributed by atoms with Crippen LogP contribution >= 0.6 is 0 Å². The van der Waals surface area contributed by atoms with Gasteiger partial charge in [-0.25, -0.2) is 4.99 Å². The standard InChI is InChI=1S/C19H23N3O/c1-13-7-4-5-8-16(13)18(10-11-19(23)22-15(3)20)17-9-6-12-21-14(17)2/h4-9,12,18H,10-11H2,1-3H3,(H2,20,22,23). The zero-order valence-corrected chi connectivity index (χ0v) is 13.9. The Bertz CT molecular complexity index is 673. The molecule has 1 amide bonds. The molecule has 1 unspecified atom stereocenters. The van der Waals surface area contributed by atoms with Crippen LogP contribution in [-0.2, 0) is 4.79 Å². The monoisotopic (exact) mass is 309 g/mol. The van der Waals surface area contributed by atoms with Gasteiger partial charge in [-0.05, 0) is 49.9 Å². The number of benzene rings is 1. The van der Waals surface area contributed by atoms with Gasteiger partial charge in [0.1, 0.15) is 0 Å². The summed E-state index contributed by atoms with van der Waals surface area (Å²) in [4.78, 5) is 20.1. The molecule has 0 aliphatic heterocycles. The molecule has 0 saturated heterocycles. The van der Waals surface area contributed by atoms with Gasteiger partial charge in [0.05, 0.1) is 5.84 Å². The number of hydrogen-bond donors (Lipinski definition) is 1. The van der Waals surface area contributed by atoms with Gasteiger partial charge in [0, 0.05) is 24.2 Å². The minimum absolute atomic E-state index is 0.127. The number of amidine groups is 1. The highest BCUT2D eigenvalue weighted by molar-refractivity contribution is 5.92. The van der Waals surface area contributed by atoms with Crippen molar-refractivity contribution in [2.45, 2.75) is 39.5 Å². The largest absolute Gasteiger partial charge is 0.387 e. The first-order valence-corrected chi connectivity index (χ1v) is 7.79. The number of carbonyl (C=O) groups is 1. The van der Waals surface area contributed by atoms with Gasteiger partial charge >= 0.3 is 0 Å². The van der Waals surface area contributed by atoms with E-state index in [1.54, 1.807) is 13.1 Å². The molecule has 0 spiro atoms. The fourth-order valence-electron chi connectivity index (χ4n) is 2.84. The van der Waals surface area contributed by atoms with Crippen LogP contribution in [0.1, 0.15) is 48.1 Å². The molecule has 1 aromatic heterocycles. The van der Waals surface area contributed by atoms with Crippen molar-refractivity contribution in [3.05, 3.63) is 65.0 Å². The summed E-state index contributed by atoms with van der Waals surface area (Å²) in [6.45, 7) is 5.73. The van der Waals surface area contributed by atoms with Gasteiger partial charge in [0.2, 0.25) is 5.91 Å². The number of nitrogens with two attached hydrogens (primary N) is 1. The highest BCUT2D eigenvalue weighted by atomic mass is 16.1. The van der Waals surface area contributed by atoms with Gasteiger partial charge in [-0.15, -0.1) is 0 Å². The molecule has 23 heavy (non-hydrogen) atoms. The second-order valence-corrected chi connectivity index (χ2v) is 5.77. The number of pyridine rings is 1. The van der Waals surface area contributed by atoms with Crippen molar-refractivity contribution in [2.24, 2.45) is 10.7 Å². The van der Waals surface area contributed by atoms with Crippen LogP contribution in [0.4, 0.5) is 0 Å². The molecule has 120 valence electrons. The highest BCUT2D eigenvalue weighted by Crippen LogP contribution is 2.32. The van der Waals surface area contributed by atoms with Crippen LogP contribution in [0.25, 0.3) is 0 Å². The van der Waals surface area contributed by atoms with Gasteiger partial charge in [0.25, 0.3) is 0 Å². The Kier molecular flexibility index (Phi) is 5.63. The molecule has 2 rings (SSSR count). The van der Waals surface area contributed by atoms with Gasteiger partial charge in [-0.3, -0.25) is 9.78 Å². The zero-order chi connectivity index (χ0) is 16.8. The van der Waals surface area contributed by atoms with Crippen LogP contribution in [0.2, 0.25) is 0 Å². The van der Waals surface area contributed by atoms with E-state index in [-0.39, 0.29) is 11.8 Å². The van der Waals surface area contributed by atoms with E-state index in [1.807, 2.05) is 25.1 Å². The summed E-state index contributed by atoms with van der Waals surface area (Å²) in [6, 6.07) is 12.3. The lowest BCUT2D eigenvalue weighted by molar-refractivity contribution is -0.117. The van der Waals surface area contributed by atoms with Crippen molar-refractivity contribution in [3.8, 4) is 0 Å². The number of aliphatic imine (C=N–C) groups is 1. The predicted octanol–water partition coefficient (Wildman–Crippen LogP) is 3.51. The Morgan fingerprint density at radius 1 is 1.17 bits per heavy atom. The third kappa shape index (κ3) is 4.49. The molecule has 0 aliphatic carbocycles. The number of aryl methyl sites for hydroxylation is 2. The molecule has 2 aromatic rings. The van der Waals surface area contributed by atoms with Gasteiger partial charge in [-0.1, -0.05) is 30.3 Å². The number of rotatable bonds is 5. The molecule has 1 atom stereocenters. The Balaban J connectivity index is 2.33. The van der Waals surface area contributed by atoms with Gasteiger partial charge in [-0.2, -0.15) is 0 Å². The normalized spacial score (nSPS) is 12.9. The lowest BCUT2D eigenvalue weighted by Gasteiger charge is -2.21. The number of aromatic nitrogens is 1. The number of amides is 1. The molecule has 0 saturated carbocycles. The molecular formula is C19H23N3O. The number of nitrogens with zero attached hydrogens (tertiary/aromatic N) is 2. The summed E-state index contributed by atoms with van der Waals surface area (Å²) in [5, 5.41) is 0. The first-order valence-electron chi connectivity index (χ1n) is 7.79. The maximum atomic E-state index is 11.9. The van der Waals surface area contributed by atoms with E-state index in [0.717, 1.165) is 11.3 Å². The molecule has 4 heteroatoms. The lowest BCUT2D eigenvalue weighted by Crippen LogP contribution is -2.11. The van der Waals surface area contributed by atoms with Crippen molar-refractivity contribution >= 4 is 11.7 Å². The van der Waals surface area contributed by atoms with E-state index < -0.39 is 0 Å². The minimum Gasteiger partial charge on any atom is -0.387 e. The fourth-order valence-corrected chi connectivity index (χ4v) is 2.84. The van der Waals surface area contributed by atoms with Crippen molar-refractivity contribution in [2.75, 3.05) is 0 Å². The van der Waals surface area contributed by atoms with E-state index in [1.165, 1.54) is 11.1 Å². The molecule has 0 fully saturated rings. The van der Waals surface area contributed by atoms with Crippen molar-refractivity contribution < 1.29 is 4.79 Å². The van der Waals surface area contributed by atoms with E-state index in [0.29, 0.717) is 18.7 Å². The van der Waals surface area contributed by atoms with Crippen LogP contribution in [0, 0.1) is 13.8 Å². The fraction of sp³-hybridized carbons (Fsp3) is 0.316. The summed E-state index contributed by atoms with van der Waals surface area (Å²) in [6.07, 6.45) is 2.84. The number of hydrogen-bond acceptors (Lipinski definition) is 2. The Hall–Kier alpha value is -2.49. The van der Waals surface area contributed by atoms with Gasteiger partial charge in [0.15, 0.2) is 0 Å². The maximum absolute atomic E-state index is 11.9. The van der Waals surface area contributed by atoms with Crippen molar-refractivity contribution in [3.63, 3.8) is 0 Å².